The van der Waals surface area contributed by atoms with Gasteiger partial charge in [0, 0.05) is 10.8 Å². The maximum absolute atomic E-state index is 11.7. The Bertz CT molecular complexity index is 1100. The van der Waals surface area contributed by atoms with E-state index >= 15 is 0 Å². The van der Waals surface area contributed by atoms with Gasteiger partial charge < -0.3 is 29.6 Å². The molecule has 0 atom stereocenters. The minimum atomic E-state index is -3.83. The van der Waals surface area contributed by atoms with Crippen molar-refractivity contribution < 1.29 is 46.4 Å². The van der Waals surface area contributed by atoms with Crippen LogP contribution in [-0.4, -0.2) is 64.4 Å². The first-order chi connectivity index (χ1) is 15.0. The van der Waals surface area contributed by atoms with Crippen LogP contribution < -0.4 is 0 Å². The van der Waals surface area contributed by atoms with Crippen LogP contribution in [0.5, 0.6) is 0 Å². The van der Waals surface area contributed by atoms with E-state index in [-0.39, 0.29) is 37.6 Å². The molecule has 0 aliphatic carbocycles. The summed E-state index contributed by atoms with van der Waals surface area (Å²) in [7, 11) is -11.9. The van der Waals surface area contributed by atoms with E-state index in [0.717, 1.165) is 21.9 Å². The Morgan fingerprint density at radius 2 is 0.969 bits per heavy atom. The van der Waals surface area contributed by atoms with Crippen molar-refractivity contribution in [1.29, 1.82) is 0 Å². The van der Waals surface area contributed by atoms with Crippen LogP contribution in [0.4, 0.5) is 0 Å². The topological polar surface area (TPSA) is 168 Å². The number of sulfone groups is 2. The van der Waals surface area contributed by atoms with Gasteiger partial charge in [0.15, 0.2) is 19.7 Å². The average molecular weight is 482 g/mol. The van der Waals surface area contributed by atoms with Crippen LogP contribution in [0.1, 0.15) is 11.1 Å². The number of ether oxygens (including phenoxy) is 2. The largest absolute Gasteiger partial charge is 0.501 e. The van der Waals surface area contributed by atoms with E-state index in [0.29, 0.717) is 0 Å². The van der Waals surface area contributed by atoms with E-state index in [2.05, 4.69) is 0 Å². The van der Waals surface area contributed by atoms with Gasteiger partial charge in [-0.15, -0.1) is 0 Å². The van der Waals surface area contributed by atoms with Gasteiger partial charge in [0.1, 0.15) is 0 Å². The van der Waals surface area contributed by atoms with Crippen molar-refractivity contribution >= 4 is 33.9 Å². The van der Waals surface area contributed by atoms with Crippen LogP contribution in [0.3, 0.4) is 0 Å². The maximum Gasteiger partial charge on any atom is 0.501 e. The molecule has 0 amide bonds. The molecule has 0 radical (unpaired) electrons. The van der Waals surface area contributed by atoms with Gasteiger partial charge >= 0.3 is 14.2 Å². The summed E-state index contributed by atoms with van der Waals surface area (Å²) in [6, 6.07) is 7.05. The Labute approximate surface area is 185 Å². The minimum absolute atomic E-state index is 0.113. The third kappa shape index (κ3) is 5.66. The number of rotatable bonds is 10. The standard InChI is InChI=1S/C18H20B2O10S2/c21-19(22)17-15(5-7-31(17,25)26)11-29-9-13-1-2-14(4-3-13)10-30-12-16-6-8-32(27,28)18(16)20(23)24/h1-8,21-24H,9-12H2. The second kappa shape index (κ2) is 9.85. The van der Waals surface area contributed by atoms with Gasteiger partial charge in [0.2, 0.25) is 0 Å². The fourth-order valence-electron chi connectivity index (χ4n) is 3.17. The number of hydrogen-bond acceptors (Lipinski definition) is 10. The predicted octanol–water partition coefficient (Wildman–Crippen LogP) is -0.864. The highest BCUT2D eigenvalue weighted by molar-refractivity contribution is 8.00. The summed E-state index contributed by atoms with van der Waals surface area (Å²) < 4.78 is 57.9. The molecule has 4 N–H and O–H groups in total. The van der Waals surface area contributed by atoms with Crippen molar-refractivity contribution in [2.24, 2.45) is 0 Å². The van der Waals surface area contributed by atoms with Crippen molar-refractivity contribution in [3.05, 3.63) is 79.1 Å². The van der Waals surface area contributed by atoms with E-state index in [1.54, 1.807) is 24.3 Å². The summed E-state index contributed by atoms with van der Waals surface area (Å²) in [5.74, 6) is 0. The molecule has 0 saturated carbocycles. The van der Waals surface area contributed by atoms with Crippen molar-refractivity contribution in [2.45, 2.75) is 13.2 Å². The molecule has 1 aromatic rings. The summed E-state index contributed by atoms with van der Waals surface area (Å²) in [6.07, 6.45) is 2.54. The van der Waals surface area contributed by atoms with Gasteiger partial charge in [-0.2, -0.15) is 0 Å². The van der Waals surface area contributed by atoms with E-state index in [4.69, 9.17) is 9.47 Å². The minimum Gasteiger partial charge on any atom is -0.423 e. The Morgan fingerprint density at radius 1 is 0.625 bits per heavy atom. The molecule has 0 aromatic heterocycles. The van der Waals surface area contributed by atoms with Crippen molar-refractivity contribution in [3.8, 4) is 0 Å². The first-order valence-corrected chi connectivity index (χ1v) is 12.4. The van der Waals surface area contributed by atoms with Crippen LogP contribution in [-0.2, 0) is 42.4 Å². The summed E-state index contributed by atoms with van der Waals surface area (Å²) in [6.45, 7) is 0.0808. The van der Waals surface area contributed by atoms with Gasteiger partial charge in [0.05, 0.1) is 36.0 Å². The van der Waals surface area contributed by atoms with Gasteiger partial charge in [-0.1, -0.05) is 24.3 Å². The summed E-state index contributed by atoms with van der Waals surface area (Å²) in [5.41, 5.74) is 1.91. The lowest BCUT2D eigenvalue weighted by molar-refractivity contribution is 0.142. The Hall–Kier alpha value is -2.03. The lowest BCUT2D eigenvalue weighted by Crippen LogP contribution is -2.22. The second-order valence-electron chi connectivity index (χ2n) is 7.02. The average Bonchev–Trinajstić information content (AvgIpc) is 3.17. The quantitative estimate of drug-likeness (QED) is 0.308. The second-order valence-corrected chi connectivity index (χ2v) is 10.6. The van der Waals surface area contributed by atoms with Crippen LogP contribution in [0.2, 0.25) is 0 Å². The zero-order valence-corrected chi connectivity index (χ0v) is 18.3. The molecule has 0 saturated heterocycles. The molecule has 170 valence electrons. The predicted molar refractivity (Wildman–Crippen MR) is 116 cm³/mol. The van der Waals surface area contributed by atoms with E-state index in [9.17, 15) is 36.9 Å². The molecule has 32 heavy (non-hydrogen) atoms. The summed E-state index contributed by atoms with van der Waals surface area (Å²) >= 11 is 0. The van der Waals surface area contributed by atoms with Crippen LogP contribution >= 0.6 is 0 Å². The lowest BCUT2D eigenvalue weighted by Gasteiger charge is -2.09. The number of hydrogen-bond donors (Lipinski definition) is 4. The SMILES string of the molecule is O=S1(=O)C=CC(COCc2ccc(COCC3=C(B(O)O)S(=O)(=O)C=C3)cc2)=C1B(O)O. The molecule has 14 heteroatoms. The van der Waals surface area contributed by atoms with Gasteiger partial charge in [-0.25, -0.2) is 16.8 Å². The molecular formula is C18H20B2O10S2. The van der Waals surface area contributed by atoms with E-state index in [1.807, 2.05) is 0 Å². The third-order valence-corrected chi connectivity index (χ3v) is 7.85. The van der Waals surface area contributed by atoms with Crippen molar-refractivity contribution in [1.82, 2.24) is 0 Å². The molecule has 3 rings (SSSR count). The third-order valence-electron chi connectivity index (χ3n) is 4.69. The molecule has 0 spiro atoms. The van der Waals surface area contributed by atoms with Crippen LogP contribution in [0, 0.1) is 0 Å². The summed E-state index contributed by atoms with van der Waals surface area (Å²) in [5, 5.41) is 38.8. The first kappa shape index (κ1) is 24.6. The molecule has 0 fully saturated rings. The summed E-state index contributed by atoms with van der Waals surface area (Å²) in [4.78, 5) is -0.969. The smallest absolute Gasteiger partial charge is 0.423 e. The first-order valence-electron chi connectivity index (χ1n) is 9.29. The molecule has 0 bridgehead atoms. The van der Waals surface area contributed by atoms with E-state index in [1.165, 1.54) is 12.2 Å². The molecule has 10 nitrogen and oxygen atoms in total. The molecule has 2 aliphatic rings. The van der Waals surface area contributed by atoms with Crippen molar-refractivity contribution in [2.75, 3.05) is 13.2 Å². The normalized spacial score (nSPS) is 18.6. The maximum atomic E-state index is 11.7. The highest BCUT2D eigenvalue weighted by Crippen LogP contribution is 2.25. The highest BCUT2D eigenvalue weighted by atomic mass is 32.2. The van der Waals surface area contributed by atoms with Gasteiger partial charge in [0.25, 0.3) is 0 Å². The van der Waals surface area contributed by atoms with Crippen LogP contribution in [0.25, 0.3) is 0 Å². The Kier molecular flexibility index (Phi) is 7.57. The van der Waals surface area contributed by atoms with E-state index < -0.39 is 43.5 Å². The molecule has 2 heterocycles. The zero-order valence-electron chi connectivity index (χ0n) is 16.7. The van der Waals surface area contributed by atoms with Crippen LogP contribution in [0.15, 0.2) is 68.0 Å². The van der Waals surface area contributed by atoms with Crippen molar-refractivity contribution in [3.63, 3.8) is 0 Å². The number of benzene rings is 1. The molecule has 2 aliphatic heterocycles. The Balaban J connectivity index is 1.51. The van der Waals surface area contributed by atoms with Gasteiger partial charge in [-0.3, -0.25) is 0 Å². The highest BCUT2D eigenvalue weighted by Gasteiger charge is 2.34. The zero-order chi connectivity index (χ0) is 23.5. The molecule has 1 aromatic carbocycles. The monoisotopic (exact) mass is 482 g/mol. The Morgan fingerprint density at radius 3 is 1.28 bits per heavy atom. The van der Waals surface area contributed by atoms with Gasteiger partial charge in [-0.05, 0) is 34.4 Å². The lowest BCUT2D eigenvalue weighted by atomic mass is 9.88. The fraction of sp³-hybridized carbons (Fsp3) is 0.222. The molecular weight excluding hydrogens is 462 g/mol. The molecule has 0 unspecified atom stereocenters. The fourth-order valence-corrected chi connectivity index (χ4v) is 5.73.